The Bertz CT molecular complexity index is 299. The molecule has 0 atom stereocenters. The van der Waals surface area contributed by atoms with Crippen molar-refractivity contribution in [3.8, 4) is 0 Å². The number of sulfonamides is 1. The number of rotatable bonds is 5. The minimum atomic E-state index is -3.33. The van der Waals surface area contributed by atoms with Crippen LogP contribution in [0, 0.1) is 5.92 Å². The molecule has 0 amide bonds. The van der Waals surface area contributed by atoms with Gasteiger partial charge in [-0.1, -0.05) is 13.8 Å². The lowest BCUT2D eigenvalue weighted by atomic mass is 9.87. The third-order valence-electron chi connectivity index (χ3n) is 2.49. The molecule has 5 heteroatoms. The molecule has 15 heavy (non-hydrogen) atoms. The maximum absolute atomic E-state index is 11.7. The van der Waals surface area contributed by atoms with Crippen molar-refractivity contribution >= 4 is 10.0 Å². The summed E-state index contributed by atoms with van der Waals surface area (Å²) in [5, 5.41) is 9.82. The van der Waals surface area contributed by atoms with Crippen LogP contribution in [0.5, 0.6) is 0 Å². The maximum atomic E-state index is 11.7. The molecule has 0 aromatic rings. The largest absolute Gasteiger partial charge is 0.389 e. The summed E-state index contributed by atoms with van der Waals surface area (Å²) >= 11 is 0. The number of hydrogen-bond acceptors (Lipinski definition) is 3. The van der Waals surface area contributed by atoms with Gasteiger partial charge in [-0.2, -0.15) is 0 Å². The fraction of sp³-hybridized carbons (Fsp3) is 1.00. The highest BCUT2D eigenvalue weighted by atomic mass is 32.2. The summed E-state index contributed by atoms with van der Waals surface area (Å²) in [6, 6.07) is 0. The zero-order chi connectivity index (χ0) is 12.5. The van der Waals surface area contributed by atoms with Crippen molar-refractivity contribution in [2.75, 3.05) is 5.75 Å². The van der Waals surface area contributed by atoms with Gasteiger partial charge in [-0.05, 0) is 33.6 Å². The van der Waals surface area contributed by atoms with Crippen molar-refractivity contribution in [3.05, 3.63) is 0 Å². The van der Waals surface area contributed by atoms with E-state index in [2.05, 4.69) is 4.72 Å². The average molecular weight is 237 g/mol. The Morgan fingerprint density at radius 2 is 1.60 bits per heavy atom. The first-order valence-corrected chi connectivity index (χ1v) is 6.76. The summed E-state index contributed by atoms with van der Waals surface area (Å²) in [6.45, 7) is 10.2. The smallest absolute Gasteiger partial charge is 0.212 e. The SMILES string of the molecule is CC(C)CS(=O)(=O)NC(C)(C)C(C)(C)O. The van der Waals surface area contributed by atoms with E-state index in [1.807, 2.05) is 13.8 Å². The van der Waals surface area contributed by atoms with Gasteiger partial charge in [0.05, 0.1) is 16.9 Å². The van der Waals surface area contributed by atoms with Crippen LogP contribution in [0.15, 0.2) is 0 Å². The Morgan fingerprint density at radius 3 is 1.87 bits per heavy atom. The fourth-order valence-electron chi connectivity index (χ4n) is 0.994. The first-order valence-electron chi connectivity index (χ1n) is 5.11. The molecule has 0 saturated carbocycles. The second-order valence-corrected chi connectivity index (χ2v) is 7.23. The Kier molecular flexibility index (Phi) is 4.35. The van der Waals surface area contributed by atoms with E-state index < -0.39 is 21.2 Å². The molecule has 0 aromatic carbocycles. The zero-order valence-electron chi connectivity index (χ0n) is 10.5. The number of nitrogens with one attached hydrogen (secondary N) is 1. The Morgan fingerprint density at radius 1 is 1.20 bits per heavy atom. The van der Waals surface area contributed by atoms with Crippen LogP contribution in [0.2, 0.25) is 0 Å². The van der Waals surface area contributed by atoms with Crippen molar-refractivity contribution in [2.24, 2.45) is 5.92 Å². The molecule has 0 saturated heterocycles. The van der Waals surface area contributed by atoms with E-state index in [4.69, 9.17) is 0 Å². The van der Waals surface area contributed by atoms with Crippen molar-refractivity contribution in [1.82, 2.24) is 4.72 Å². The van der Waals surface area contributed by atoms with Crippen molar-refractivity contribution < 1.29 is 13.5 Å². The lowest BCUT2D eigenvalue weighted by Gasteiger charge is -2.37. The van der Waals surface area contributed by atoms with E-state index in [1.165, 1.54) is 0 Å². The van der Waals surface area contributed by atoms with Crippen LogP contribution in [0.3, 0.4) is 0 Å². The van der Waals surface area contributed by atoms with Crippen LogP contribution in [0.1, 0.15) is 41.5 Å². The zero-order valence-corrected chi connectivity index (χ0v) is 11.3. The number of aliphatic hydroxyl groups is 1. The summed E-state index contributed by atoms with van der Waals surface area (Å²) < 4.78 is 25.9. The molecule has 2 N–H and O–H groups in total. The van der Waals surface area contributed by atoms with Gasteiger partial charge < -0.3 is 5.11 Å². The van der Waals surface area contributed by atoms with Crippen LogP contribution in [0.25, 0.3) is 0 Å². The van der Waals surface area contributed by atoms with Gasteiger partial charge in [0.25, 0.3) is 0 Å². The Hall–Kier alpha value is -0.130. The van der Waals surface area contributed by atoms with Crippen molar-refractivity contribution in [1.29, 1.82) is 0 Å². The van der Waals surface area contributed by atoms with Crippen molar-refractivity contribution in [2.45, 2.75) is 52.7 Å². The van der Waals surface area contributed by atoms with E-state index >= 15 is 0 Å². The van der Waals surface area contributed by atoms with Crippen LogP contribution >= 0.6 is 0 Å². The highest BCUT2D eigenvalue weighted by molar-refractivity contribution is 7.89. The van der Waals surface area contributed by atoms with Gasteiger partial charge in [0.2, 0.25) is 10.0 Å². The number of hydrogen-bond donors (Lipinski definition) is 2. The standard InChI is InChI=1S/C10H23NO3S/c1-8(2)7-15(13,14)11-9(3,4)10(5,6)12/h8,11-12H,7H2,1-6H3. The summed E-state index contributed by atoms with van der Waals surface area (Å²) in [5.74, 6) is 0.145. The minimum absolute atomic E-state index is 0.0695. The van der Waals surface area contributed by atoms with E-state index in [9.17, 15) is 13.5 Å². The quantitative estimate of drug-likeness (QED) is 0.753. The normalized spacial score (nSPS) is 14.7. The van der Waals surface area contributed by atoms with Gasteiger partial charge in [0.15, 0.2) is 0 Å². The van der Waals surface area contributed by atoms with Crippen molar-refractivity contribution in [3.63, 3.8) is 0 Å². The van der Waals surface area contributed by atoms with Crippen LogP contribution in [-0.2, 0) is 10.0 Å². The van der Waals surface area contributed by atoms with Gasteiger partial charge in [-0.25, -0.2) is 13.1 Å². The molecule has 0 aliphatic rings. The van der Waals surface area contributed by atoms with E-state index in [0.717, 1.165) is 0 Å². The molecule has 0 fully saturated rings. The van der Waals surface area contributed by atoms with Gasteiger partial charge in [0, 0.05) is 0 Å². The fourth-order valence-corrected chi connectivity index (χ4v) is 2.98. The molecule has 0 spiro atoms. The second-order valence-electron chi connectivity index (χ2n) is 5.46. The predicted molar refractivity (Wildman–Crippen MR) is 62.1 cm³/mol. The monoisotopic (exact) mass is 237 g/mol. The van der Waals surface area contributed by atoms with Crippen LogP contribution in [-0.4, -0.2) is 30.4 Å². The molecule has 4 nitrogen and oxygen atoms in total. The lowest BCUT2D eigenvalue weighted by molar-refractivity contribution is 0.00636. The van der Waals surface area contributed by atoms with E-state index in [0.29, 0.717) is 0 Å². The topological polar surface area (TPSA) is 66.4 Å². The van der Waals surface area contributed by atoms with Crippen LogP contribution in [0.4, 0.5) is 0 Å². The first kappa shape index (κ1) is 14.9. The molecule has 0 heterocycles. The molecule has 92 valence electrons. The molecule has 0 unspecified atom stereocenters. The third-order valence-corrected chi connectivity index (χ3v) is 4.42. The molecular weight excluding hydrogens is 214 g/mol. The predicted octanol–water partition coefficient (Wildman–Crippen LogP) is 1.11. The molecule has 0 radical (unpaired) electrons. The molecule has 0 aromatic heterocycles. The highest BCUT2D eigenvalue weighted by Crippen LogP contribution is 2.21. The summed E-state index contributed by atoms with van der Waals surface area (Å²) in [7, 11) is -3.33. The first-order chi connectivity index (χ1) is 6.37. The molecule has 0 rings (SSSR count). The molecule has 0 aliphatic heterocycles. The van der Waals surface area contributed by atoms with Gasteiger partial charge >= 0.3 is 0 Å². The Labute approximate surface area is 93.1 Å². The van der Waals surface area contributed by atoms with Gasteiger partial charge in [-0.15, -0.1) is 0 Å². The molecule has 0 aliphatic carbocycles. The Balaban J connectivity index is 4.74. The van der Waals surface area contributed by atoms with E-state index in [-0.39, 0.29) is 11.7 Å². The molecule has 0 bridgehead atoms. The van der Waals surface area contributed by atoms with E-state index in [1.54, 1.807) is 27.7 Å². The van der Waals surface area contributed by atoms with Crippen LogP contribution < -0.4 is 4.72 Å². The summed E-state index contributed by atoms with van der Waals surface area (Å²) in [4.78, 5) is 0. The summed E-state index contributed by atoms with van der Waals surface area (Å²) in [5.41, 5.74) is -1.97. The van der Waals surface area contributed by atoms with Gasteiger partial charge in [0.1, 0.15) is 0 Å². The minimum Gasteiger partial charge on any atom is -0.389 e. The summed E-state index contributed by atoms with van der Waals surface area (Å²) in [6.07, 6.45) is 0. The van der Waals surface area contributed by atoms with Gasteiger partial charge in [-0.3, -0.25) is 0 Å². The maximum Gasteiger partial charge on any atom is 0.212 e. The highest BCUT2D eigenvalue weighted by Gasteiger charge is 2.38. The second kappa shape index (κ2) is 4.39. The average Bonchev–Trinajstić information content (AvgIpc) is 1.75. The lowest BCUT2D eigenvalue weighted by Crippen LogP contribution is -2.58. The molecular formula is C10H23NO3S. The third kappa shape index (κ3) is 4.95.